The van der Waals surface area contributed by atoms with Gasteiger partial charge in [-0.25, -0.2) is 4.98 Å². The van der Waals surface area contributed by atoms with Gasteiger partial charge in [0.2, 0.25) is 5.88 Å². The van der Waals surface area contributed by atoms with E-state index < -0.39 is 11.7 Å². The quantitative estimate of drug-likeness (QED) is 0.902. The van der Waals surface area contributed by atoms with Crippen LogP contribution >= 0.6 is 0 Å². The number of anilines is 3. The van der Waals surface area contributed by atoms with Gasteiger partial charge in [0.1, 0.15) is 12.0 Å². The minimum atomic E-state index is -4.42. The van der Waals surface area contributed by atoms with E-state index in [1.807, 2.05) is 0 Å². The van der Waals surface area contributed by atoms with Crippen molar-refractivity contribution in [3.05, 3.63) is 36.2 Å². The number of nitrogens with one attached hydrogen (secondary N) is 1. The third kappa shape index (κ3) is 3.78. The van der Waals surface area contributed by atoms with Gasteiger partial charge in [0.05, 0.1) is 11.7 Å². The van der Waals surface area contributed by atoms with Crippen LogP contribution in [0.5, 0.6) is 5.88 Å². The molecular formula is C14H15F3N4O. The summed E-state index contributed by atoms with van der Waals surface area (Å²) in [6, 6.07) is 4.75. The van der Waals surface area contributed by atoms with Crippen LogP contribution in [0.3, 0.4) is 0 Å². The maximum atomic E-state index is 12.7. The number of aromatic nitrogens is 2. The van der Waals surface area contributed by atoms with Crippen molar-refractivity contribution >= 4 is 17.2 Å². The Hall–Kier alpha value is -2.51. The number of hydrogen-bond donors (Lipinski definition) is 2. The zero-order valence-electron chi connectivity index (χ0n) is 12.0. The SMILES string of the molecule is CC(C)Oc1ncnc(Nc2cccc(C(F)(F)F)c2)c1N. The molecule has 0 saturated heterocycles. The lowest BCUT2D eigenvalue weighted by Gasteiger charge is -2.14. The van der Waals surface area contributed by atoms with Crippen molar-refractivity contribution in [1.29, 1.82) is 0 Å². The minimum Gasteiger partial charge on any atom is -0.473 e. The fraction of sp³-hybridized carbons (Fsp3) is 0.286. The van der Waals surface area contributed by atoms with Crippen LogP contribution in [0.25, 0.3) is 0 Å². The average Bonchev–Trinajstić information content (AvgIpc) is 2.42. The van der Waals surface area contributed by atoms with Crippen LogP contribution in [0.15, 0.2) is 30.6 Å². The first-order valence-electron chi connectivity index (χ1n) is 6.49. The number of halogens is 3. The van der Waals surface area contributed by atoms with E-state index >= 15 is 0 Å². The lowest BCUT2D eigenvalue weighted by Crippen LogP contribution is -2.11. The summed E-state index contributed by atoms with van der Waals surface area (Å²) in [5.74, 6) is 0.365. The fourth-order valence-electron chi connectivity index (χ4n) is 1.71. The number of alkyl halides is 3. The summed E-state index contributed by atoms with van der Waals surface area (Å²) in [5, 5.41) is 2.74. The molecule has 0 aliphatic rings. The van der Waals surface area contributed by atoms with Gasteiger partial charge in [0.15, 0.2) is 5.82 Å². The van der Waals surface area contributed by atoms with Gasteiger partial charge >= 0.3 is 6.18 Å². The van der Waals surface area contributed by atoms with Gasteiger partial charge in [-0.3, -0.25) is 0 Å². The van der Waals surface area contributed by atoms with Gasteiger partial charge in [0, 0.05) is 5.69 Å². The first-order valence-corrected chi connectivity index (χ1v) is 6.49. The molecule has 118 valence electrons. The number of nitrogens with two attached hydrogens (primary N) is 1. The molecule has 0 saturated carbocycles. The molecule has 0 atom stereocenters. The summed E-state index contributed by atoms with van der Waals surface area (Å²) in [7, 11) is 0. The molecule has 1 heterocycles. The summed E-state index contributed by atoms with van der Waals surface area (Å²) in [6.45, 7) is 3.61. The molecule has 2 rings (SSSR count). The third-order valence-corrected chi connectivity index (χ3v) is 2.65. The molecule has 0 unspecified atom stereocenters. The fourth-order valence-corrected chi connectivity index (χ4v) is 1.71. The highest BCUT2D eigenvalue weighted by Crippen LogP contribution is 2.33. The molecule has 1 aromatic carbocycles. The highest BCUT2D eigenvalue weighted by molar-refractivity contribution is 5.72. The predicted octanol–water partition coefficient (Wildman–Crippen LogP) is 3.61. The van der Waals surface area contributed by atoms with Crippen molar-refractivity contribution in [1.82, 2.24) is 9.97 Å². The van der Waals surface area contributed by atoms with E-state index in [-0.39, 0.29) is 29.2 Å². The Morgan fingerprint density at radius 1 is 1.23 bits per heavy atom. The largest absolute Gasteiger partial charge is 0.473 e. The highest BCUT2D eigenvalue weighted by atomic mass is 19.4. The normalized spacial score (nSPS) is 11.5. The lowest BCUT2D eigenvalue weighted by atomic mass is 10.2. The molecule has 0 bridgehead atoms. The number of rotatable bonds is 4. The van der Waals surface area contributed by atoms with Crippen LogP contribution in [-0.4, -0.2) is 16.1 Å². The summed E-state index contributed by atoms with van der Waals surface area (Å²) < 4.78 is 43.5. The van der Waals surface area contributed by atoms with Crippen LogP contribution in [0.4, 0.5) is 30.4 Å². The van der Waals surface area contributed by atoms with Crippen molar-refractivity contribution in [2.24, 2.45) is 0 Å². The number of ether oxygens (including phenoxy) is 1. The molecule has 22 heavy (non-hydrogen) atoms. The Kier molecular flexibility index (Phi) is 4.39. The Labute approximate surface area is 125 Å². The van der Waals surface area contributed by atoms with Crippen molar-refractivity contribution in [3.8, 4) is 5.88 Å². The van der Waals surface area contributed by atoms with E-state index in [1.54, 1.807) is 13.8 Å². The molecule has 0 aliphatic heterocycles. The maximum Gasteiger partial charge on any atom is 0.416 e. The zero-order valence-corrected chi connectivity index (χ0v) is 12.0. The molecule has 3 N–H and O–H groups in total. The van der Waals surface area contributed by atoms with Crippen LogP contribution in [0.2, 0.25) is 0 Å². The Balaban J connectivity index is 2.28. The Morgan fingerprint density at radius 3 is 2.59 bits per heavy atom. The van der Waals surface area contributed by atoms with Crippen molar-refractivity contribution in [2.75, 3.05) is 11.1 Å². The second-order valence-corrected chi connectivity index (χ2v) is 4.81. The van der Waals surface area contributed by atoms with Gasteiger partial charge in [0.25, 0.3) is 0 Å². The molecule has 0 radical (unpaired) electrons. The van der Waals surface area contributed by atoms with Crippen LogP contribution in [0.1, 0.15) is 19.4 Å². The smallest absolute Gasteiger partial charge is 0.416 e. The molecule has 8 heteroatoms. The standard InChI is InChI=1S/C14H15F3N4O/c1-8(2)22-13-11(18)12(19-7-20-13)21-10-5-3-4-9(6-10)14(15,16)17/h3-8H,18H2,1-2H3,(H,19,20,21). The van der Waals surface area contributed by atoms with Gasteiger partial charge in [-0.2, -0.15) is 18.2 Å². The third-order valence-electron chi connectivity index (χ3n) is 2.65. The van der Waals surface area contributed by atoms with Gasteiger partial charge in [-0.05, 0) is 32.0 Å². The molecule has 0 fully saturated rings. The second kappa shape index (κ2) is 6.08. The Morgan fingerprint density at radius 2 is 1.95 bits per heavy atom. The van der Waals surface area contributed by atoms with Crippen molar-refractivity contribution in [2.45, 2.75) is 26.1 Å². The van der Waals surface area contributed by atoms with E-state index in [2.05, 4.69) is 15.3 Å². The number of hydrogen-bond acceptors (Lipinski definition) is 5. The number of nitrogen functional groups attached to an aromatic ring is 1. The first kappa shape index (κ1) is 15.9. The minimum absolute atomic E-state index is 0.133. The van der Waals surface area contributed by atoms with E-state index in [1.165, 1.54) is 18.5 Å². The molecule has 0 aliphatic carbocycles. The van der Waals surface area contributed by atoms with Crippen molar-refractivity contribution in [3.63, 3.8) is 0 Å². The molecule has 0 amide bonds. The van der Waals surface area contributed by atoms with Crippen LogP contribution in [-0.2, 0) is 6.18 Å². The number of benzene rings is 1. The van der Waals surface area contributed by atoms with E-state index in [9.17, 15) is 13.2 Å². The topological polar surface area (TPSA) is 73.1 Å². The highest BCUT2D eigenvalue weighted by Gasteiger charge is 2.30. The summed E-state index contributed by atoms with van der Waals surface area (Å²) in [5.41, 5.74) is 5.46. The molecule has 5 nitrogen and oxygen atoms in total. The van der Waals surface area contributed by atoms with Crippen LogP contribution < -0.4 is 15.8 Å². The van der Waals surface area contributed by atoms with E-state index in [4.69, 9.17) is 10.5 Å². The zero-order chi connectivity index (χ0) is 16.3. The van der Waals surface area contributed by atoms with Crippen molar-refractivity contribution < 1.29 is 17.9 Å². The predicted molar refractivity (Wildman–Crippen MR) is 76.9 cm³/mol. The first-order chi connectivity index (χ1) is 10.3. The monoisotopic (exact) mass is 312 g/mol. The molecule has 0 spiro atoms. The number of nitrogens with zero attached hydrogens (tertiary/aromatic N) is 2. The Bertz CT molecular complexity index is 659. The molecular weight excluding hydrogens is 297 g/mol. The van der Waals surface area contributed by atoms with Gasteiger partial charge in [-0.15, -0.1) is 0 Å². The van der Waals surface area contributed by atoms with E-state index in [0.717, 1.165) is 12.1 Å². The summed E-state index contributed by atoms with van der Waals surface area (Å²) in [6.07, 6.45) is -3.33. The van der Waals surface area contributed by atoms with Gasteiger partial charge < -0.3 is 15.8 Å². The summed E-state index contributed by atoms with van der Waals surface area (Å²) >= 11 is 0. The molecule has 1 aromatic heterocycles. The maximum absolute atomic E-state index is 12.7. The lowest BCUT2D eigenvalue weighted by molar-refractivity contribution is -0.137. The van der Waals surface area contributed by atoms with E-state index in [0.29, 0.717) is 0 Å². The average molecular weight is 312 g/mol. The summed E-state index contributed by atoms with van der Waals surface area (Å²) in [4.78, 5) is 7.82. The second-order valence-electron chi connectivity index (χ2n) is 4.81. The van der Waals surface area contributed by atoms with Crippen LogP contribution in [0, 0.1) is 0 Å². The molecule has 2 aromatic rings. The van der Waals surface area contributed by atoms with Gasteiger partial charge in [-0.1, -0.05) is 6.07 Å².